The summed E-state index contributed by atoms with van der Waals surface area (Å²) in [5, 5.41) is 1.65. The van der Waals surface area contributed by atoms with Gasteiger partial charge in [-0.2, -0.15) is 0 Å². The van der Waals surface area contributed by atoms with Crippen molar-refractivity contribution in [2.24, 2.45) is 0 Å². The third kappa shape index (κ3) is 5.80. The Morgan fingerprint density at radius 2 is 1.61 bits per heavy atom. The number of benzene rings is 2. The van der Waals surface area contributed by atoms with Crippen molar-refractivity contribution in [2.75, 3.05) is 36.8 Å². The Morgan fingerprint density at radius 1 is 0.903 bits per heavy atom. The number of hydrogen-bond donors (Lipinski definition) is 0. The van der Waals surface area contributed by atoms with Gasteiger partial charge in [0.15, 0.2) is 0 Å². The fourth-order valence-corrected chi connectivity index (χ4v) is 5.39. The molecule has 0 bridgehead atoms. The lowest BCUT2D eigenvalue weighted by Crippen LogP contribution is -2.49. The van der Waals surface area contributed by atoms with Crippen LogP contribution in [0.4, 0.5) is 5.69 Å². The molecule has 31 heavy (non-hydrogen) atoms. The normalized spacial score (nSPS) is 14.0. The highest BCUT2D eigenvalue weighted by atomic mass is 32.2. The molecule has 3 aromatic rings. The lowest BCUT2D eigenvalue weighted by Gasteiger charge is -2.36. The topological polar surface area (TPSA) is 49.3 Å². The van der Waals surface area contributed by atoms with Crippen molar-refractivity contribution >= 4 is 35.1 Å². The van der Waals surface area contributed by atoms with E-state index in [1.165, 1.54) is 28.6 Å². The third-order valence-electron chi connectivity index (χ3n) is 5.20. The molecule has 1 amide bonds. The van der Waals surface area contributed by atoms with E-state index in [1.54, 1.807) is 24.2 Å². The van der Waals surface area contributed by atoms with Gasteiger partial charge in [-0.3, -0.25) is 4.79 Å². The number of aromatic nitrogens is 2. The highest BCUT2D eigenvalue weighted by Gasteiger charge is 2.22. The van der Waals surface area contributed by atoms with Crippen LogP contribution in [0.3, 0.4) is 0 Å². The van der Waals surface area contributed by atoms with Gasteiger partial charge in [0.25, 0.3) is 0 Å². The van der Waals surface area contributed by atoms with E-state index in [9.17, 15) is 4.79 Å². The van der Waals surface area contributed by atoms with E-state index in [4.69, 9.17) is 0 Å². The number of rotatable bonds is 6. The van der Waals surface area contributed by atoms with E-state index in [-0.39, 0.29) is 5.91 Å². The average Bonchev–Trinajstić information content (AvgIpc) is 2.79. The highest BCUT2D eigenvalue weighted by molar-refractivity contribution is 8.02. The van der Waals surface area contributed by atoms with Crippen LogP contribution in [-0.4, -0.2) is 52.7 Å². The first-order chi connectivity index (χ1) is 15.1. The van der Waals surface area contributed by atoms with Crippen LogP contribution >= 0.6 is 23.5 Å². The zero-order valence-electron chi connectivity index (χ0n) is 17.8. The predicted molar refractivity (Wildman–Crippen MR) is 128 cm³/mol. The van der Waals surface area contributed by atoms with Gasteiger partial charge in [0.1, 0.15) is 10.1 Å². The monoisotopic (exact) mass is 450 g/mol. The molecule has 0 saturated carbocycles. The van der Waals surface area contributed by atoms with Crippen LogP contribution in [0.25, 0.3) is 0 Å². The molecule has 0 N–H and O–H groups in total. The summed E-state index contributed by atoms with van der Waals surface area (Å²) in [6, 6.07) is 16.9. The Labute approximate surface area is 192 Å². The molecule has 0 radical (unpaired) electrons. The molecule has 2 aromatic carbocycles. The molecule has 0 spiro atoms. The van der Waals surface area contributed by atoms with Crippen LogP contribution in [0, 0.1) is 13.8 Å². The fraction of sp³-hybridized carbons (Fsp3) is 0.292. The summed E-state index contributed by atoms with van der Waals surface area (Å²) in [5.41, 5.74) is 3.70. The maximum absolute atomic E-state index is 12.8. The predicted octanol–water partition coefficient (Wildman–Crippen LogP) is 4.69. The van der Waals surface area contributed by atoms with Gasteiger partial charge in [0, 0.05) is 49.2 Å². The maximum atomic E-state index is 12.8. The van der Waals surface area contributed by atoms with Gasteiger partial charge in [0.2, 0.25) is 5.91 Å². The molecule has 2 heterocycles. The summed E-state index contributed by atoms with van der Waals surface area (Å²) in [6.07, 6.45) is 3.39. The molecule has 4 rings (SSSR count). The second-order valence-electron chi connectivity index (χ2n) is 7.58. The van der Waals surface area contributed by atoms with Gasteiger partial charge >= 0.3 is 0 Å². The zero-order chi connectivity index (χ0) is 21.6. The van der Waals surface area contributed by atoms with E-state index in [0.29, 0.717) is 5.75 Å². The smallest absolute Gasteiger partial charge is 0.233 e. The van der Waals surface area contributed by atoms with Gasteiger partial charge in [-0.1, -0.05) is 58.9 Å². The quantitative estimate of drug-likeness (QED) is 0.508. The summed E-state index contributed by atoms with van der Waals surface area (Å²) in [5.74, 6) is 0.538. The van der Waals surface area contributed by atoms with Crippen molar-refractivity contribution in [2.45, 2.75) is 28.8 Å². The second kappa shape index (κ2) is 10.2. The third-order valence-corrected chi connectivity index (χ3v) is 7.28. The van der Waals surface area contributed by atoms with E-state index in [1.807, 2.05) is 11.0 Å². The number of thioether (sulfide) groups is 1. The summed E-state index contributed by atoms with van der Waals surface area (Å²) in [7, 11) is 0. The van der Waals surface area contributed by atoms with Crippen molar-refractivity contribution in [3.63, 3.8) is 0 Å². The van der Waals surface area contributed by atoms with Crippen LogP contribution < -0.4 is 4.90 Å². The number of carbonyl (C=O) groups is 1. The number of piperazine rings is 1. The van der Waals surface area contributed by atoms with Crippen LogP contribution in [-0.2, 0) is 4.79 Å². The molecule has 0 unspecified atom stereocenters. The molecule has 1 aliphatic rings. The summed E-state index contributed by atoms with van der Waals surface area (Å²) in [6.45, 7) is 7.39. The number of hydrogen-bond acceptors (Lipinski definition) is 6. The van der Waals surface area contributed by atoms with Crippen molar-refractivity contribution < 1.29 is 4.79 Å². The van der Waals surface area contributed by atoms with Gasteiger partial charge in [-0.15, -0.1) is 0 Å². The standard InChI is InChI=1S/C24H26N4OS2/c1-18-6-8-20(9-7-18)27-12-14-28(15-13-27)22(29)17-30-23-24(26-11-10-25-23)31-21-5-3-4-19(2)16-21/h3-11,16H,12-15,17H2,1-2H3. The first-order valence-electron chi connectivity index (χ1n) is 10.4. The van der Waals surface area contributed by atoms with Crippen molar-refractivity contribution in [1.29, 1.82) is 0 Å². The number of anilines is 1. The molecule has 1 fully saturated rings. The lowest BCUT2D eigenvalue weighted by molar-refractivity contribution is -0.128. The van der Waals surface area contributed by atoms with Gasteiger partial charge < -0.3 is 9.80 Å². The summed E-state index contributed by atoms with van der Waals surface area (Å²) < 4.78 is 0. The Balaban J connectivity index is 1.32. The minimum absolute atomic E-state index is 0.158. The van der Waals surface area contributed by atoms with Crippen LogP contribution in [0.2, 0.25) is 0 Å². The summed E-state index contributed by atoms with van der Waals surface area (Å²) >= 11 is 3.06. The summed E-state index contributed by atoms with van der Waals surface area (Å²) in [4.78, 5) is 27.2. The van der Waals surface area contributed by atoms with Crippen LogP contribution in [0.15, 0.2) is 75.9 Å². The van der Waals surface area contributed by atoms with Crippen LogP contribution in [0.5, 0.6) is 0 Å². The molecule has 160 valence electrons. The first kappa shape index (κ1) is 21.7. The largest absolute Gasteiger partial charge is 0.368 e. The molecular formula is C24H26N4OS2. The Hall–Kier alpha value is -2.51. The minimum Gasteiger partial charge on any atom is -0.368 e. The lowest BCUT2D eigenvalue weighted by atomic mass is 10.2. The van der Waals surface area contributed by atoms with E-state index >= 15 is 0 Å². The molecule has 7 heteroatoms. The molecule has 1 saturated heterocycles. The van der Waals surface area contributed by atoms with Gasteiger partial charge in [-0.05, 0) is 38.1 Å². The molecule has 1 aromatic heterocycles. The number of aryl methyl sites for hydroxylation is 2. The van der Waals surface area contributed by atoms with Crippen molar-refractivity contribution in [3.8, 4) is 0 Å². The average molecular weight is 451 g/mol. The van der Waals surface area contributed by atoms with E-state index < -0.39 is 0 Å². The molecular weight excluding hydrogens is 424 g/mol. The number of amides is 1. The first-order valence-corrected chi connectivity index (χ1v) is 12.2. The van der Waals surface area contributed by atoms with Gasteiger partial charge in [-0.25, -0.2) is 9.97 Å². The SMILES string of the molecule is Cc1ccc(N2CCN(C(=O)CSc3nccnc3Sc3cccc(C)c3)CC2)cc1. The molecule has 0 aliphatic carbocycles. The van der Waals surface area contributed by atoms with E-state index in [0.717, 1.165) is 41.1 Å². The fourth-order valence-electron chi connectivity index (χ4n) is 3.46. The zero-order valence-corrected chi connectivity index (χ0v) is 19.5. The van der Waals surface area contributed by atoms with E-state index in [2.05, 4.69) is 71.2 Å². The van der Waals surface area contributed by atoms with Crippen molar-refractivity contribution in [3.05, 3.63) is 72.1 Å². The Kier molecular flexibility index (Phi) is 7.14. The maximum Gasteiger partial charge on any atom is 0.233 e. The number of carbonyl (C=O) groups excluding carboxylic acids is 1. The Bertz CT molecular complexity index is 1030. The van der Waals surface area contributed by atoms with Gasteiger partial charge in [0.05, 0.1) is 5.75 Å². The van der Waals surface area contributed by atoms with Crippen molar-refractivity contribution in [1.82, 2.24) is 14.9 Å². The Morgan fingerprint density at radius 3 is 2.32 bits per heavy atom. The highest BCUT2D eigenvalue weighted by Crippen LogP contribution is 2.33. The van der Waals surface area contributed by atoms with Crippen LogP contribution in [0.1, 0.15) is 11.1 Å². The molecule has 5 nitrogen and oxygen atoms in total. The minimum atomic E-state index is 0.158. The molecule has 0 atom stereocenters. The second-order valence-corrected chi connectivity index (χ2v) is 9.60. The molecule has 1 aliphatic heterocycles. The number of nitrogens with zero attached hydrogens (tertiary/aromatic N) is 4.